The highest BCUT2D eigenvalue weighted by atomic mass is 16.3. The molecular formula is C31H29N3O3. The number of amides is 2. The van der Waals surface area contributed by atoms with Gasteiger partial charge in [0.05, 0.1) is 0 Å². The molecule has 1 aromatic heterocycles. The number of hydrogen-bond acceptors (Lipinski definition) is 4. The molecule has 1 fully saturated rings. The Bertz CT molecular complexity index is 1380. The lowest BCUT2D eigenvalue weighted by molar-refractivity contribution is -0.111. The van der Waals surface area contributed by atoms with Gasteiger partial charge in [0.25, 0.3) is 5.91 Å². The maximum Gasteiger partial charge on any atom is 0.253 e. The molecule has 0 atom stereocenters. The Morgan fingerprint density at radius 1 is 0.811 bits per heavy atom. The van der Waals surface area contributed by atoms with Crippen LogP contribution < -0.4 is 10.2 Å². The highest BCUT2D eigenvalue weighted by Gasteiger charge is 2.22. The molecule has 1 N–H and O–H groups in total. The van der Waals surface area contributed by atoms with Gasteiger partial charge in [0.2, 0.25) is 5.91 Å². The summed E-state index contributed by atoms with van der Waals surface area (Å²) < 4.78 is 5.81. The molecule has 186 valence electrons. The topological polar surface area (TPSA) is 65.8 Å². The zero-order chi connectivity index (χ0) is 25.6. The average molecular weight is 492 g/mol. The van der Waals surface area contributed by atoms with Crippen LogP contribution in [0, 0.1) is 6.92 Å². The third-order valence-electron chi connectivity index (χ3n) is 6.45. The molecule has 37 heavy (non-hydrogen) atoms. The van der Waals surface area contributed by atoms with Gasteiger partial charge in [-0.3, -0.25) is 9.59 Å². The molecule has 0 bridgehead atoms. The van der Waals surface area contributed by atoms with Crippen molar-refractivity contribution in [2.24, 2.45) is 0 Å². The van der Waals surface area contributed by atoms with Crippen molar-refractivity contribution < 1.29 is 14.0 Å². The third kappa shape index (κ3) is 5.98. The normalized spacial score (nSPS) is 13.6. The second-order valence-corrected chi connectivity index (χ2v) is 9.08. The van der Waals surface area contributed by atoms with Gasteiger partial charge in [0.15, 0.2) is 0 Å². The largest absolute Gasteiger partial charge is 0.457 e. The molecule has 0 radical (unpaired) electrons. The van der Waals surface area contributed by atoms with E-state index in [4.69, 9.17) is 4.42 Å². The Labute approximate surface area is 216 Å². The lowest BCUT2D eigenvalue weighted by Gasteiger charge is -2.36. The smallest absolute Gasteiger partial charge is 0.253 e. The van der Waals surface area contributed by atoms with Crippen LogP contribution in [0.25, 0.3) is 17.4 Å². The van der Waals surface area contributed by atoms with Gasteiger partial charge in [-0.2, -0.15) is 0 Å². The summed E-state index contributed by atoms with van der Waals surface area (Å²) in [6, 6.07) is 29.1. The zero-order valence-corrected chi connectivity index (χ0v) is 20.8. The van der Waals surface area contributed by atoms with Gasteiger partial charge >= 0.3 is 0 Å². The molecule has 4 aromatic rings. The summed E-state index contributed by atoms with van der Waals surface area (Å²) in [6.07, 6.45) is 3.12. The van der Waals surface area contributed by atoms with Crippen LogP contribution in [0.15, 0.2) is 101 Å². The van der Waals surface area contributed by atoms with E-state index in [1.54, 1.807) is 6.08 Å². The van der Waals surface area contributed by atoms with Crippen molar-refractivity contribution >= 4 is 29.3 Å². The van der Waals surface area contributed by atoms with E-state index in [2.05, 4.69) is 10.2 Å². The van der Waals surface area contributed by atoms with Crippen molar-refractivity contribution in [1.82, 2.24) is 4.90 Å². The molecule has 0 saturated carbocycles. The maximum atomic E-state index is 12.8. The van der Waals surface area contributed by atoms with Crippen molar-refractivity contribution in [3.63, 3.8) is 0 Å². The number of piperazine rings is 1. The molecule has 0 unspecified atom stereocenters. The number of anilines is 2. The Morgan fingerprint density at radius 3 is 2.22 bits per heavy atom. The van der Waals surface area contributed by atoms with Crippen LogP contribution in [0.2, 0.25) is 0 Å². The molecule has 6 nitrogen and oxygen atoms in total. The molecule has 0 aliphatic carbocycles. The molecule has 2 amide bonds. The van der Waals surface area contributed by atoms with E-state index >= 15 is 0 Å². The molecule has 0 spiro atoms. The van der Waals surface area contributed by atoms with Crippen molar-refractivity contribution in [2.45, 2.75) is 6.92 Å². The summed E-state index contributed by atoms with van der Waals surface area (Å²) in [6.45, 7) is 4.90. The zero-order valence-electron chi connectivity index (χ0n) is 20.8. The Balaban J connectivity index is 1.12. The Morgan fingerprint density at radius 2 is 1.51 bits per heavy atom. The number of nitrogens with zero attached hydrogens (tertiary/aromatic N) is 2. The predicted octanol–water partition coefficient (Wildman–Crippen LogP) is 5.87. The van der Waals surface area contributed by atoms with Gasteiger partial charge in [-0.05, 0) is 61.5 Å². The van der Waals surface area contributed by atoms with Crippen LogP contribution in [-0.2, 0) is 4.79 Å². The van der Waals surface area contributed by atoms with Gasteiger partial charge in [0, 0.05) is 54.8 Å². The van der Waals surface area contributed by atoms with Crippen LogP contribution >= 0.6 is 0 Å². The number of furan rings is 1. The summed E-state index contributed by atoms with van der Waals surface area (Å²) in [5, 5.41) is 2.89. The SMILES string of the molecule is Cc1ccc(C(=O)N2CCN(c3ccc(NC(=O)/C=C/c4ccc(-c5ccccc5)o4)cc3)CC2)cc1. The quantitative estimate of drug-likeness (QED) is 0.343. The number of hydrogen-bond donors (Lipinski definition) is 1. The van der Waals surface area contributed by atoms with E-state index in [0.29, 0.717) is 18.8 Å². The highest BCUT2D eigenvalue weighted by molar-refractivity contribution is 6.01. The summed E-state index contributed by atoms with van der Waals surface area (Å²) in [5.41, 5.74) is 4.66. The summed E-state index contributed by atoms with van der Waals surface area (Å²) in [5.74, 6) is 1.23. The lowest BCUT2D eigenvalue weighted by atomic mass is 10.1. The van der Waals surface area contributed by atoms with E-state index in [-0.39, 0.29) is 11.8 Å². The number of rotatable bonds is 6. The first kappa shape index (κ1) is 24.1. The Hall–Kier alpha value is -4.58. The van der Waals surface area contributed by atoms with E-state index in [1.165, 1.54) is 6.08 Å². The minimum absolute atomic E-state index is 0.0802. The number of carbonyl (C=O) groups is 2. The molecule has 1 aliphatic rings. The van der Waals surface area contributed by atoms with Crippen LogP contribution in [-0.4, -0.2) is 42.9 Å². The fourth-order valence-corrected chi connectivity index (χ4v) is 4.34. The fraction of sp³-hybridized carbons (Fsp3) is 0.161. The predicted molar refractivity (Wildman–Crippen MR) is 148 cm³/mol. The van der Waals surface area contributed by atoms with Crippen LogP contribution in [0.3, 0.4) is 0 Å². The van der Waals surface area contributed by atoms with Crippen molar-refractivity contribution in [3.8, 4) is 11.3 Å². The molecule has 6 heteroatoms. The van der Waals surface area contributed by atoms with Gasteiger partial charge < -0.3 is 19.5 Å². The van der Waals surface area contributed by atoms with Crippen molar-refractivity contribution in [2.75, 3.05) is 36.4 Å². The summed E-state index contributed by atoms with van der Waals surface area (Å²) >= 11 is 0. The maximum absolute atomic E-state index is 12.8. The lowest BCUT2D eigenvalue weighted by Crippen LogP contribution is -2.48. The minimum atomic E-state index is -0.228. The number of aryl methyl sites for hydroxylation is 1. The molecule has 2 heterocycles. The third-order valence-corrected chi connectivity index (χ3v) is 6.45. The Kier molecular flexibility index (Phi) is 7.17. The second kappa shape index (κ2) is 11.0. The van der Waals surface area contributed by atoms with E-state index < -0.39 is 0 Å². The average Bonchev–Trinajstić information content (AvgIpc) is 3.42. The van der Waals surface area contributed by atoms with E-state index in [0.717, 1.165) is 46.9 Å². The van der Waals surface area contributed by atoms with Gasteiger partial charge in [-0.25, -0.2) is 0 Å². The number of nitrogens with one attached hydrogen (secondary N) is 1. The second-order valence-electron chi connectivity index (χ2n) is 9.08. The molecular weight excluding hydrogens is 462 g/mol. The monoisotopic (exact) mass is 491 g/mol. The molecule has 1 saturated heterocycles. The van der Waals surface area contributed by atoms with E-state index in [9.17, 15) is 9.59 Å². The number of carbonyl (C=O) groups excluding carboxylic acids is 2. The standard InChI is InChI=1S/C31H29N3O3/c1-23-7-9-25(10-8-23)31(36)34-21-19-33(20-22-34)27-13-11-26(12-14-27)32-30(35)18-16-28-15-17-29(37-28)24-5-3-2-4-6-24/h2-18H,19-22H2,1H3,(H,32,35)/b18-16+. The van der Waals surface area contributed by atoms with Crippen LogP contribution in [0.5, 0.6) is 0 Å². The first-order chi connectivity index (χ1) is 18.0. The first-order valence-corrected chi connectivity index (χ1v) is 12.4. The van der Waals surface area contributed by atoms with Crippen LogP contribution in [0.4, 0.5) is 11.4 Å². The summed E-state index contributed by atoms with van der Waals surface area (Å²) in [7, 11) is 0. The highest BCUT2D eigenvalue weighted by Crippen LogP contribution is 2.23. The number of benzene rings is 3. The minimum Gasteiger partial charge on any atom is -0.457 e. The molecule has 1 aliphatic heterocycles. The fourth-order valence-electron chi connectivity index (χ4n) is 4.34. The molecule has 3 aromatic carbocycles. The van der Waals surface area contributed by atoms with Crippen molar-refractivity contribution in [3.05, 3.63) is 114 Å². The van der Waals surface area contributed by atoms with Crippen molar-refractivity contribution in [1.29, 1.82) is 0 Å². The van der Waals surface area contributed by atoms with Gasteiger partial charge in [-0.1, -0.05) is 48.0 Å². The van der Waals surface area contributed by atoms with E-state index in [1.807, 2.05) is 103 Å². The van der Waals surface area contributed by atoms with Crippen LogP contribution in [0.1, 0.15) is 21.7 Å². The van der Waals surface area contributed by atoms with Gasteiger partial charge in [-0.15, -0.1) is 0 Å². The van der Waals surface area contributed by atoms with Gasteiger partial charge in [0.1, 0.15) is 11.5 Å². The molecule has 5 rings (SSSR count). The first-order valence-electron chi connectivity index (χ1n) is 12.4. The summed E-state index contributed by atoms with van der Waals surface area (Å²) in [4.78, 5) is 29.3.